The third-order valence-corrected chi connectivity index (χ3v) is 7.19. The van der Waals surface area contributed by atoms with Gasteiger partial charge in [-0.2, -0.15) is 0 Å². The monoisotopic (exact) mass is 527 g/mol. The van der Waals surface area contributed by atoms with Crippen LogP contribution in [-0.2, 0) is 14.3 Å². The van der Waals surface area contributed by atoms with Gasteiger partial charge in [0.1, 0.15) is 11.2 Å². The Morgan fingerprint density at radius 1 is 1.00 bits per heavy atom. The van der Waals surface area contributed by atoms with Gasteiger partial charge in [0.05, 0.1) is 29.8 Å². The van der Waals surface area contributed by atoms with Gasteiger partial charge in [-0.15, -0.1) is 0 Å². The van der Waals surface area contributed by atoms with Crippen molar-refractivity contribution in [3.8, 4) is 22.8 Å². The number of nitrogens with one attached hydrogen (secondary N) is 1. The number of aromatic nitrogens is 2. The van der Waals surface area contributed by atoms with Crippen LogP contribution in [0, 0.1) is 11.2 Å². The summed E-state index contributed by atoms with van der Waals surface area (Å²) < 4.78 is 26.2. The Balaban J connectivity index is 1.19. The van der Waals surface area contributed by atoms with Crippen LogP contribution in [0.25, 0.3) is 22.2 Å². The summed E-state index contributed by atoms with van der Waals surface area (Å²) in [6.45, 7) is 3.20. The highest BCUT2D eigenvalue weighted by atomic mass is 19.1. The second kappa shape index (κ2) is 9.95. The number of nitrogens with two attached hydrogens (primary N) is 1. The van der Waals surface area contributed by atoms with Crippen molar-refractivity contribution in [2.24, 2.45) is 11.1 Å². The van der Waals surface area contributed by atoms with Crippen LogP contribution in [0.5, 0.6) is 11.5 Å². The van der Waals surface area contributed by atoms with Crippen molar-refractivity contribution >= 4 is 34.1 Å². The molecule has 6 rings (SSSR count). The van der Waals surface area contributed by atoms with E-state index in [9.17, 15) is 14.0 Å². The molecule has 1 saturated carbocycles. The molecular weight excluding hydrogens is 501 g/mol. The van der Waals surface area contributed by atoms with Crippen molar-refractivity contribution in [2.45, 2.75) is 12.8 Å². The smallest absolute Gasteiger partial charge is 0.240 e. The Kier molecular flexibility index (Phi) is 6.32. The van der Waals surface area contributed by atoms with Gasteiger partial charge in [0.15, 0.2) is 11.6 Å². The first kappa shape index (κ1) is 24.7. The molecule has 0 unspecified atom stereocenters. The zero-order chi connectivity index (χ0) is 27.0. The number of anilines is 2. The van der Waals surface area contributed by atoms with Crippen LogP contribution in [0.15, 0.2) is 67.0 Å². The summed E-state index contributed by atoms with van der Waals surface area (Å²) in [7, 11) is 0. The minimum absolute atomic E-state index is 0.0284. The second-order valence-corrected chi connectivity index (χ2v) is 9.69. The average molecular weight is 528 g/mol. The Morgan fingerprint density at radius 3 is 2.46 bits per heavy atom. The Hall–Kier alpha value is -4.57. The molecule has 0 atom stereocenters. The van der Waals surface area contributed by atoms with Crippen molar-refractivity contribution in [1.29, 1.82) is 0 Å². The summed E-state index contributed by atoms with van der Waals surface area (Å²) in [5, 5.41) is 3.19. The summed E-state index contributed by atoms with van der Waals surface area (Å²) in [6.07, 6.45) is 4.04. The molecule has 39 heavy (non-hydrogen) atoms. The first-order chi connectivity index (χ1) is 18.9. The van der Waals surface area contributed by atoms with E-state index in [1.807, 2.05) is 18.2 Å². The molecule has 0 radical (unpaired) electrons. The van der Waals surface area contributed by atoms with Gasteiger partial charge >= 0.3 is 0 Å². The molecule has 10 heteroatoms. The first-order valence-electron chi connectivity index (χ1n) is 12.7. The van der Waals surface area contributed by atoms with E-state index in [2.05, 4.69) is 32.3 Å². The van der Waals surface area contributed by atoms with Gasteiger partial charge in [0.25, 0.3) is 0 Å². The largest absolute Gasteiger partial charge is 0.453 e. The summed E-state index contributed by atoms with van der Waals surface area (Å²) >= 11 is 0. The molecular formula is C29H26FN5O4. The zero-order valence-corrected chi connectivity index (χ0v) is 21.0. The Labute approximate surface area is 223 Å². The van der Waals surface area contributed by atoms with Crippen LogP contribution in [0.2, 0.25) is 0 Å². The van der Waals surface area contributed by atoms with Crippen molar-refractivity contribution < 1.29 is 23.5 Å². The fraction of sp³-hybridized carbons (Fsp3) is 0.241. The van der Waals surface area contributed by atoms with Crippen LogP contribution >= 0.6 is 0 Å². The molecule has 3 N–H and O–H groups in total. The maximum atomic E-state index is 14.9. The molecule has 0 bridgehead atoms. The highest BCUT2D eigenvalue weighted by Crippen LogP contribution is 2.46. The number of fused-ring (bicyclic) bond motifs is 1. The molecule has 1 saturated heterocycles. The minimum atomic E-state index is -1.20. The number of carbonyl (C=O) groups is 2. The van der Waals surface area contributed by atoms with Gasteiger partial charge in [-0.1, -0.05) is 12.1 Å². The molecule has 1 aliphatic heterocycles. The summed E-state index contributed by atoms with van der Waals surface area (Å²) in [4.78, 5) is 35.3. The van der Waals surface area contributed by atoms with E-state index in [4.69, 9.17) is 15.2 Å². The molecule has 2 aromatic heterocycles. The van der Waals surface area contributed by atoms with Gasteiger partial charge in [-0.3, -0.25) is 19.6 Å². The van der Waals surface area contributed by atoms with E-state index >= 15 is 0 Å². The lowest BCUT2D eigenvalue weighted by Crippen LogP contribution is -2.36. The lowest BCUT2D eigenvalue weighted by Gasteiger charge is -2.28. The van der Waals surface area contributed by atoms with Gasteiger partial charge in [0.2, 0.25) is 11.8 Å². The number of rotatable bonds is 7. The van der Waals surface area contributed by atoms with Crippen LogP contribution < -0.4 is 20.7 Å². The third kappa shape index (κ3) is 4.86. The van der Waals surface area contributed by atoms with E-state index in [1.165, 1.54) is 12.1 Å². The maximum Gasteiger partial charge on any atom is 0.240 e. The molecule has 2 aromatic carbocycles. The number of benzene rings is 2. The van der Waals surface area contributed by atoms with Gasteiger partial charge in [0, 0.05) is 48.5 Å². The Morgan fingerprint density at radius 2 is 1.77 bits per heavy atom. The van der Waals surface area contributed by atoms with Crippen molar-refractivity contribution in [3.05, 3.63) is 72.8 Å². The van der Waals surface area contributed by atoms with E-state index in [-0.39, 0.29) is 11.4 Å². The van der Waals surface area contributed by atoms with Crippen LogP contribution in [0.1, 0.15) is 12.8 Å². The van der Waals surface area contributed by atoms with E-state index in [0.717, 1.165) is 49.3 Å². The number of pyridine rings is 2. The summed E-state index contributed by atoms with van der Waals surface area (Å²) in [6, 6.07) is 15.8. The molecule has 1 aliphatic carbocycles. The normalized spacial score (nSPS) is 16.1. The number of carbonyl (C=O) groups excluding carboxylic acids is 2. The predicted octanol–water partition coefficient (Wildman–Crippen LogP) is 4.27. The number of ether oxygens (including phenoxy) is 2. The van der Waals surface area contributed by atoms with Crippen LogP contribution in [-0.4, -0.2) is 48.1 Å². The Bertz CT molecular complexity index is 1570. The summed E-state index contributed by atoms with van der Waals surface area (Å²) in [5.74, 6) is -1.51. The van der Waals surface area contributed by atoms with Crippen LogP contribution in [0.4, 0.5) is 15.8 Å². The highest BCUT2D eigenvalue weighted by Gasteiger charge is 2.55. The number of morpholine rings is 1. The summed E-state index contributed by atoms with van der Waals surface area (Å²) in [5.41, 5.74) is 7.86. The fourth-order valence-corrected chi connectivity index (χ4v) is 4.67. The van der Waals surface area contributed by atoms with Crippen molar-refractivity contribution in [1.82, 2.24) is 9.97 Å². The van der Waals surface area contributed by atoms with Crippen molar-refractivity contribution in [2.75, 3.05) is 36.5 Å². The number of primary amides is 1. The minimum Gasteiger partial charge on any atom is -0.453 e. The predicted molar refractivity (Wildman–Crippen MR) is 144 cm³/mol. The molecule has 9 nitrogen and oxygen atoms in total. The quantitative estimate of drug-likeness (QED) is 0.345. The number of amides is 2. The lowest BCUT2D eigenvalue weighted by molar-refractivity contribution is -0.132. The van der Waals surface area contributed by atoms with E-state index < -0.39 is 23.0 Å². The fourth-order valence-electron chi connectivity index (χ4n) is 4.67. The van der Waals surface area contributed by atoms with Crippen LogP contribution in [0.3, 0.4) is 0 Å². The maximum absolute atomic E-state index is 14.9. The highest BCUT2D eigenvalue weighted by molar-refractivity contribution is 6.12. The molecule has 198 valence electrons. The second-order valence-electron chi connectivity index (χ2n) is 9.69. The van der Waals surface area contributed by atoms with E-state index in [1.54, 1.807) is 18.5 Å². The number of halogens is 1. The van der Waals surface area contributed by atoms with Crippen molar-refractivity contribution in [3.63, 3.8) is 0 Å². The molecule has 0 spiro atoms. The third-order valence-electron chi connectivity index (χ3n) is 7.19. The van der Waals surface area contributed by atoms with E-state index in [0.29, 0.717) is 29.5 Å². The number of hydrogen-bond donors (Lipinski definition) is 2. The number of hydrogen-bond acceptors (Lipinski definition) is 7. The topological polar surface area (TPSA) is 120 Å². The molecule has 2 fully saturated rings. The SMILES string of the molecule is NC(=O)C1(C(=O)Nc2ccc(Oc3ccnc4cc(-c5ccc(N6CCOCC6)cc5)ncc34)c(F)c2)CC1. The molecule has 3 heterocycles. The zero-order valence-electron chi connectivity index (χ0n) is 21.0. The number of nitrogens with zero attached hydrogens (tertiary/aromatic N) is 3. The molecule has 2 amide bonds. The average Bonchev–Trinajstić information content (AvgIpc) is 3.78. The van der Waals surface area contributed by atoms with Gasteiger partial charge in [-0.05, 0) is 49.2 Å². The first-order valence-corrected chi connectivity index (χ1v) is 12.7. The van der Waals surface area contributed by atoms with Gasteiger partial charge in [-0.25, -0.2) is 4.39 Å². The van der Waals surface area contributed by atoms with Gasteiger partial charge < -0.3 is 25.4 Å². The standard InChI is InChI=1S/C29H26FN5O4/c30-22-15-19(34-28(37)29(8-9-29)27(31)36)3-6-26(22)39-25-7-10-32-24-16-23(33-17-21(24)25)18-1-4-20(5-2-18)35-11-13-38-14-12-35/h1-7,10,15-17H,8-9,11-14H2,(H2,31,36)(H,34,37). The lowest BCUT2D eigenvalue weighted by atomic mass is 10.1. The molecule has 2 aliphatic rings. The molecule has 4 aromatic rings.